The van der Waals surface area contributed by atoms with E-state index in [0.717, 1.165) is 41.8 Å². The van der Waals surface area contributed by atoms with Crippen LogP contribution in [-0.2, 0) is 38.1 Å². The summed E-state index contributed by atoms with van der Waals surface area (Å²) in [6, 6.07) is 11.9. The molecule has 0 spiro atoms. The summed E-state index contributed by atoms with van der Waals surface area (Å²) in [7, 11) is -0.457. The average Bonchev–Trinajstić information content (AvgIpc) is 3.52. The number of methoxy groups -OCH3 is 1. The highest BCUT2D eigenvalue weighted by Gasteiger charge is 2.18. The van der Waals surface area contributed by atoms with E-state index >= 15 is 0 Å². The number of nitrogens with two attached hydrogens (primary N) is 2. The minimum atomic E-state index is -2.09. The summed E-state index contributed by atoms with van der Waals surface area (Å²) in [5.74, 6) is 4.60. The van der Waals surface area contributed by atoms with Crippen molar-refractivity contribution in [3.05, 3.63) is 58.4 Å². The summed E-state index contributed by atoms with van der Waals surface area (Å²) in [5.41, 5.74) is 10.2. The Kier molecular flexibility index (Phi) is 31.9. The Morgan fingerprint density at radius 3 is 1.78 bits per heavy atom. The maximum Gasteiger partial charge on any atom is 0.330 e. The van der Waals surface area contributed by atoms with Crippen LogP contribution < -0.4 is 11.6 Å². The lowest BCUT2D eigenvalue weighted by atomic mass is 10.0. The third-order valence-corrected chi connectivity index (χ3v) is 9.72. The van der Waals surface area contributed by atoms with Gasteiger partial charge in [0.2, 0.25) is 0 Å². The quantitative estimate of drug-likeness (QED) is 0.0219. The number of nitrogens with zero attached hydrogens (tertiary/aromatic N) is 3. The molecule has 0 fully saturated rings. The molecule has 2 rings (SSSR count). The minimum absolute atomic E-state index is 0.189. The van der Waals surface area contributed by atoms with Crippen LogP contribution in [0.25, 0.3) is 0 Å². The lowest BCUT2D eigenvalue weighted by Crippen LogP contribution is -2.22. The van der Waals surface area contributed by atoms with Crippen LogP contribution in [-0.4, -0.2) is 58.1 Å². The molecule has 1 aromatic heterocycles. The number of rotatable bonds is 30. The SMILES string of the molecule is C#N.CC(C)(O)O.CCCCCCCCCCCCCCCCCC(COP(O)OCC(CCc1ccc(CN)n1N)OC)OCc1cc(C)cc(C#N)c1. The highest BCUT2D eigenvalue weighted by Crippen LogP contribution is 2.34. The Morgan fingerprint density at radius 2 is 1.31 bits per heavy atom. The molecule has 2 aromatic rings. The molecule has 12 nitrogen and oxygen atoms in total. The minimum Gasteiger partial charge on any atom is -0.379 e. The zero-order chi connectivity index (χ0) is 41.3. The Bertz CT molecular complexity index is 1280. The summed E-state index contributed by atoms with van der Waals surface area (Å²) in [6.07, 6.45) is 21.6. The molecule has 0 aliphatic rings. The van der Waals surface area contributed by atoms with Gasteiger partial charge in [-0.05, 0) is 75.4 Å². The maximum absolute atomic E-state index is 10.5. The number of hydrogen-bond donors (Lipinski definition) is 5. The van der Waals surface area contributed by atoms with Gasteiger partial charge in [0.25, 0.3) is 0 Å². The zero-order valence-electron chi connectivity index (χ0n) is 34.6. The standard InChI is InChI=1S/C38H65N4O5P.C3H8O2.CHN/c1-4-5-6-7-8-9-10-11-12-13-14-15-16-17-18-19-38(45-29-34-25-32(2)24-33(26-34)27-39)31-47-48(43)46-30-37(44-3)23-22-35-20-21-36(28-40)42(35)41;1-3(2,4)5;1-2/h20-21,24-26,37-38,43H,4-19,22-23,28-31,40-41H2,1-3H3;4-5H,1-2H3;1H. The van der Waals surface area contributed by atoms with Crippen molar-refractivity contribution >= 4 is 8.60 Å². The molecule has 0 saturated carbocycles. The molecule has 0 bridgehead atoms. The Morgan fingerprint density at radius 1 is 0.818 bits per heavy atom. The fourth-order valence-electron chi connectivity index (χ4n) is 6.00. The molecule has 0 aliphatic carbocycles. The highest BCUT2D eigenvalue weighted by atomic mass is 31.2. The van der Waals surface area contributed by atoms with Crippen molar-refractivity contribution in [3.63, 3.8) is 0 Å². The maximum atomic E-state index is 10.5. The predicted molar refractivity (Wildman–Crippen MR) is 222 cm³/mol. The van der Waals surface area contributed by atoms with Crippen LogP contribution in [0.5, 0.6) is 0 Å². The average molecular weight is 792 g/mol. The first-order chi connectivity index (χ1) is 26.4. The van der Waals surface area contributed by atoms with Crippen LogP contribution in [0.3, 0.4) is 0 Å². The molecule has 0 radical (unpaired) electrons. The summed E-state index contributed by atoms with van der Waals surface area (Å²) < 4.78 is 24.9. The van der Waals surface area contributed by atoms with Crippen molar-refractivity contribution in [2.75, 3.05) is 26.2 Å². The van der Waals surface area contributed by atoms with Gasteiger partial charge in [-0.1, -0.05) is 109 Å². The molecule has 0 saturated heterocycles. The molecule has 1 aromatic carbocycles. The van der Waals surface area contributed by atoms with E-state index in [4.69, 9.17) is 45.6 Å². The molecule has 7 N–H and O–H groups in total. The summed E-state index contributed by atoms with van der Waals surface area (Å²) in [5, 5.41) is 32.0. The fourth-order valence-corrected chi connectivity index (χ4v) is 6.66. The number of unbranched alkanes of at least 4 members (excludes halogenated alkanes) is 14. The first-order valence-electron chi connectivity index (χ1n) is 20.1. The van der Waals surface area contributed by atoms with E-state index in [-0.39, 0.29) is 25.4 Å². The van der Waals surface area contributed by atoms with Gasteiger partial charge in [0.1, 0.15) is 0 Å². The molecular weight excluding hydrogens is 717 g/mol. The van der Waals surface area contributed by atoms with Gasteiger partial charge in [-0.25, -0.2) is 5.26 Å². The molecule has 0 aliphatic heterocycles. The van der Waals surface area contributed by atoms with E-state index in [2.05, 4.69) is 19.6 Å². The van der Waals surface area contributed by atoms with Crippen molar-refractivity contribution in [2.24, 2.45) is 5.73 Å². The zero-order valence-corrected chi connectivity index (χ0v) is 35.5. The third kappa shape index (κ3) is 29.3. The van der Waals surface area contributed by atoms with E-state index in [1.54, 1.807) is 11.8 Å². The molecule has 3 atom stereocenters. The largest absolute Gasteiger partial charge is 0.379 e. The number of aryl methyl sites for hydroxylation is 2. The normalized spacial score (nSPS) is 12.8. The smallest absolute Gasteiger partial charge is 0.330 e. The van der Waals surface area contributed by atoms with Crippen LogP contribution >= 0.6 is 8.60 Å². The van der Waals surface area contributed by atoms with Gasteiger partial charge in [0.15, 0.2) is 5.79 Å². The van der Waals surface area contributed by atoms with Crippen LogP contribution in [0.2, 0.25) is 0 Å². The van der Waals surface area contributed by atoms with Gasteiger partial charge >= 0.3 is 8.60 Å². The van der Waals surface area contributed by atoms with E-state index in [1.165, 1.54) is 97.3 Å². The highest BCUT2D eigenvalue weighted by molar-refractivity contribution is 7.40. The van der Waals surface area contributed by atoms with E-state index < -0.39 is 14.4 Å². The summed E-state index contributed by atoms with van der Waals surface area (Å²) in [4.78, 5) is 10.5. The first kappa shape index (κ1) is 52.4. The number of hydrogen-bond acceptors (Lipinski definition) is 11. The topological polar surface area (TPSA) is 202 Å². The van der Waals surface area contributed by atoms with Gasteiger partial charge in [-0.15, -0.1) is 0 Å². The van der Waals surface area contributed by atoms with E-state index in [9.17, 15) is 10.2 Å². The number of aliphatic hydroxyl groups is 2. The van der Waals surface area contributed by atoms with Gasteiger partial charge in [0.05, 0.1) is 49.4 Å². The van der Waals surface area contributed by atoms with Gasteiger partial charge in [-0.3, -0.25) is 4.68 Å². The van der Waals surface area contributed by atoms with Crippen LogP contribution in [0.4, 0.5) is 0 Å². The van der Waals surface area contributed by atoms with Crippen LogP contribution in [0.15, 0.2) is 30.3 Å². The molecule has 13 heteroatoms. The molecule has 55 heavy (non-hydrogen) atoms. The fraction of sp³-hybridized carbons (Fsp3) is 0.714. The second-order valence-corrected chi connectivity index (χ2v) is 15.6. The second-order valence-electron chi connectivity index (χ2n) is 14.6. The monoisotopic (exact) mass is 792 g/mol. The lowest BCUT2D eigenvalue weighted by molar-refractivity contribution is -0.127. The molecule has 0 amide bonds. The predicted octanol–water partition coefficient (Wildman–Crippen LogP) is 8.73. The Labute approximate surface area is 334 Å². The third-order valence-electron chi connectivity index (χ3n) is 8.98. The number of ether oxygens (including phenoxy) is 2. The van der Waals surface area contributed by atoms with Crippen LogP contribution in [0, 0.1) is 30.1 Å². The second kappa shape index (κ2) is 33.5. The van der Waals surface area contributed by atoms with Gasteiger partial charge < -0.3 is 45.2 Å². The van der Waals surface area contributed by atoms with Crippen molar-refractivity contribution < 1.29 is 33.6 Å². The van der Waals surface area contributed by atoms with Crippen molar-refractivity contribution in [3.8, 4) is 12.6 Å². The Hall–Kier alpha value is -2.61. The van der Waals surface area contributed by atoms with Crippen molar-refractivity contribution in [1.82, 2.24) is 4.68 Å². The van der Waals surface area contributed by atoms with Gasteiger partial charge in [-0.2, -0.15) is 5.26 Å². The molecule has 1 heterocycles. The van der Waals surface area contributed by atoms with E-state index in [0.29, 0.717) is 31.6 Å². The van der Waals surface area contributed by atoms with E-state index in [1.807, 2.05) is 37.3 Å². The first-order valence-corrected chi connectivity index (χ1v) is 21.3. The van der Waals surface area contributed by atoms with Crippen molar-refractivity contribution in [2.45, 2.75) is 174 Å². The summed E-state index contributed by atoms with van der Waals surface area (Å²) in [6.45, 7) is 11.6. The Balaban J connectivity index is 0.00000383. The van der Waals surface area contributed by atoms with Crippen LogP contribution in [0.1, 0.15) is 158 Å². The lowest BCUT2D eigenvalue weighted by Gasteiger charge is -2.21. The molecular formula is C42H74N5O7P. The molecule has 314 valence electrons. The number of nitrogen functional groups attached to an aromatic ring is 1. The number of benzene rings is 1. The molecule has 3 unspecified atom stereocenters. The number of nitriles is 2. The summed E-state index contributed by atoms with van der Waals surface area (Å²) >= 11 is 0. The number of aromatic nitrogens is 1. The van der Waals surface area contributed by atoms with Crippen molar-refractivity contribution in [1.29, 1.82) is 10.5 Å². The van der Waals surface area contributed by atoms with Gasteiger partial charge in [0, 0.05) is 25.9 Å².